The molecule has 2 aromatic rings. The van der Waals surface area contributed by atoms with E-state index in [0.717, 1.165) is 0 Å². The Kier molecular flexibility index (Phi) is 5.09. The van der Waals surface area contributed by atoms with Crippen molar-refractivity contribution in [3.8, 4) is 0 Å². The summed E-state index contributed by atoms with van der Waals surface area (Å²) in [5.74, 6) is 0. The lowest BCUT2D eigenvalue weighted by Gasteiger charge is -2.37. The van der Waals surface area contributed by atoms with Crippen LogP contribution in [0.5, 0.6) is 0 Å². The van der Waals surface area contributed by atoms with Crippen LogP contribution in [0.15, 0.2) is 60.7 Å². The SMILES string of the molecule is C[P+](N)(SN1SP(=S)(c2ccccc2)S1)c1ccccc1. The van der Waals surface area contributed by atoms with Gasteiger partial charge >= 0.3 is 0 Å². The summed E-state index contributed by atoms with van der Waals surface area (Å²) in [7, 11) is 0. The van der Waals surface area contributed by atoms with Crippen molar-refractivity contribution in [2.45, 2.75) is 0 Å². The Balaban J connectivity index is 1.66. The van der Waals surface area contributed by atoms with Crippen molar-refractivity contribution < 1.29 is 0 Å². The molecule has 1 heterocycles. The molecule has 2 aromatic carbocycles. The van der Waals surface area contributed by atoms with Crippen LogP contribution < -0.4 is 16.1 Å². The van der Waals surface area contributed by atoms with Gasteiger partial charge in [0.05, 0.1) is 6.66 Å². The van der Waals surface area contributed by atoms with E-state index in [1.807, 2.05) is 24.3 Å². The van der Waals surface area contributed by atoms with Gasteiger partial charge < -0.3 is 0 Å². The molecule has 1 aliphatic rings. The summed E-state index contributed by atoms with van der Waals surface area (Å²) in [5, 5.41) is 2.51. The molecule has 0 aliphatic carbocycles. The van der Waals surface area contributed by atoms with E-state index >= 15 is 0 Å². The minimum absolute atomic E-state index is 1.23. The van der Waals surface area contributed by atoms with E-state index in [9.17, 15) is 0 Å². The predicted molar refractivity (Wildman–Crippen MR) is 108 cm³/mol. The molecule has 0 saturated carbocycles. The predicted octanol–water partition coefficient (Wildman–Crippen LogP) is 4.64. The van der Waals surface area contributed by atoms with Crippen LogP contribution in [0.2, 0.25) is 0 Å². The summed E-state index contributed by atoms with van der Waals surface area (Å²) in [6, 6.07) is 20.8. The van der Waals surface area contributed by atoms with Gasteiger partial charge in [-0.25, -0.2) is 0 Å². The van der Waals surface area contributed by atoms with Gasteiger partial charge in [0.1, 0.15) is 9.75 Å². The summed E-state index contributed by atoms with van der Waals surface area (Å²) in [5.41, 5.74) is 6.56. The van der Waals surface area contributed by atoms with Gasteiger partial charge in [-0.15, -0.1) is 0 Å². The van der Waals surface area contributed by atoms with Crippen molar-refractivity contribution in [2.75, 3.05) is 6.66 Å². The van der Waals surface area contributed by atoms with Crippen LogP contribution in [-0.2, 0) is 11.8 Å². The van der Waals surface area contributed by atoms with E-state index in [1.165, 1.54) is 10.6 Å². The normalized spacial score (nSPS) is 20.5. The van der Waals surface area contributed by atoms with Crippen molar-refractivity contribution in [1.82, 2.24) is 3.12 Å². The molecule has 110 valence electrons. The third-order valence-corrected chi connectivity index (χ3v) is 18.4. The van der Waals surface area contributed by atoms with Gasteiger partial charge in [-0.3, -0.25) is 0 Å². The Labute approximate surface area is 143 Å². The van der Waals surface area contributed by atoms with Gasteiger partial charge in [-0.2, -0.15) is 5.50 Å². The third-order valence-electron chi connectivity index (χ3n) is 2.93. The second-order valence-corrected chi connectivity index (χ2v) is 21.7. The molecule has 0 aromatic heterocycles. The monoisotopic (exact) mass is 389 g/mol. The van der Waals surface area contributed by atoms with Crippen LogP contribution in [0, 0.1) is 0 Å². The minimum atomic E-state index is -1.69. The number of nitrogens with two attached hydrogens (primary N) is 1. The molecule has 8 heteroatoms. The highest BCUT2D eigenvalue weighted by molar-refractivity contribution is 9.10. The van der Waals surface area contributed by atoms with E-state index < -0.39 is 11.1 Å². The van der Waals surface area contributed by atoms with Crippen molar-refractivity contribution in [1.29, 1.82) is 0 Å². The first kappa shape index (κ1) is 16.4. The molecule has 0 radical (unpaired) electrons. The highest BCUT2D eigenvalue weighted by Gasteiger charge is 2.46. The maximum atomic E-state index is 6.56. The standard InChI is InChI=1S/C13H15N2P2S4/c1-16(14,12-8-4-2-5-9-12)19-15-20-17(18,21-15)13-10-6-3-7-11-13/h2-11H,14H2,1H3/q+1. The summed E-state index contributed by atoms with van der Waals surface area (Å²) in [6.07, 6.45) is 0. The van der Waals surface area contributed by atoms with Gasteiger partial charge in [-0.1, -0.05) is 63.5 Å². The van der Waals surface area contributed by atoms with Gasteiger partial charge in [0.25, 0.3) is 0 Å². The lowest BCUT2D eigenvalue weighted by atomic mass is 10.4. The quantitative estimate of drug-likeness (QED) is 0.605. The third kappa shape index (κ3) is 3.70. The first-order chi connectivity index (χ1) is 10.00. The van der Waals surface area contributed by atoms with Crippen LogP contribution in [0.25, 0.3) is 0 Å². The smallest absolute Gasteiger partial charge is 0.186 e. The summed E-state index contributed by atoms with van der Waals surface area (Å²) in [4.78, 5) is 0. The Morgan fingerprint density at radius 2 is 1.57 bits per heavy atom. The zero-order valence-electron chi connectivity index (χ0n) is 11.3. The molecule has 2 N–H and O–H groups in total. The fourth-order valence-electron chi connectivity index (χ4n) is 1.83. The van der Waals surface area contributed by atoms with Crippen LogP contribution in [0.1, 0.15) is 0 Å². The number of hydrogen-bond acceptors (Lipinski definition) is 6. The van der Waals surface area contributed by atoms with Gasteiger partial charge in [0.2, 0.25) is 0 Å². The topological polar surface area (TPSA) is 29.3 Å². The number of rotatable bonds is 4. The van der Waals surface area contributed by atoms with E-state index in [1.54, 1.807) is 34.7 Å². The summed E-state index contributed by atoms with van der Waals surface area (Å²) >= 11 is 11.1. The Bertz CT molecular complexity index is 656. The van der Waals surface area contributed by atoms with Crippen LogP contribution in [0.3, 0.4) is 0 Å². The molecule has 1 atom stereocenters. The molecule has 1 unspecified atom stereocenters. The van der Waals surface area contributed by atoms with Gasteiger partial charge in [-0.05, 0) is 12.1 Å². The zero-order chi connectivity index (χ0) is 14.9. The zero-order valence-corrected chi connectivity index (χ0v) is 16.4. The molecule has 0 bridgehead atoms. The van der Waals surface area contributed by atoms with E-state index in [2.05, 4.69) is 46.2 Å². The van der Waals surface area contributed by atoms with Crippen LogP contribution in [-0.4, -0.2) is 9.78 Å². The molecular formula is C13H15N2P2S4+. The highest BCUT2D eigenvalue weighted by Crippen LogP contribution is 2.86. The number of hydrogen-bond donors (Lipinski definition) is 1. The van der Waals surface area contributed by atoms with Crippen LogP contribution in [0.4, 0.5) is 0 Å². The fourth-order valence-corrected chi connectivity index (χ4v) is 20.8. The Hall–Kier alpha value is 0.490. The van der Waals surface area contributed by atoms with Gasteiger partial charge in [0, 0.05) is 28.4 Å². The molecule has 2 nitrogen and oxygen atoms in total. The van der Waals surface area contributed by atoms with E-state index in [4.69, 9.17) is 17.3 Å². The summed E-state index contributed by atoms with van der Waals surface area (Å²) in [6.45, 7) is 0.459. The maximum Gasteiger partial charge on any atom is 0.186 e. The van der Waals surface area contributed by atoms with E-state index in [0.29, 0.717) is 0 Å². The van der Waals surface area contributed by atoms with Gasteiger partial charge in [0.15, 0.2) is 18.2 Å². The molecular weight excluding hydrogens is 374 g/mol. The first-order valence-electron chi connectivity index (χ1n) is 6.25. The van der Waals surface area contributed by atoms with Crippen molar-refractivity contribution in [3.05, 3.63) is 60.7 Å². The average Bonchev–Trinajstić information content (AvgIpc) is 2.47. The Morgan fingerprint density at radius 3 is 2.14 bits per heavy atom. The molecule has 1 saturated heterocycles. The van der Waals surface area contributed by atoms with Crippen molar-refractivity contribution >= 4 is 68.2 Å². The second-order valence-electron chi connectivity index (χ2n) is 4.63. The number of benzene rings is 2. The lowest BCUT2D eigenvalue weighted by Crippen LogP contribution is -2.19. The number of nitrogens with zero attached hydrogens (tertiary/aromatic N) is 1. The largest absolute Gasteiger partial charge is 0.189 e. The molecule has 0 amide bonds. The highest BCUT2D eigenvalue weighted by atomic mass is 33.3. The molecule has 0 spiro atoms. The minimum Gasteiger partial charge on any atom is -0.189 e. The molecule has 1 aliphatic heterocycles. The lowest BCUT2D eigenvalue weighted by molar-refractivity contribution is 1.33. The first-order valence-corrected chi connectivity index (χ1v) is 15.5. The van der Waals surface area contributed by atoms with E-state index in [-0.39, 0.29) is 0 Å². The summed E-state index contributed by atoms with van der Waals surface area (Å²) < 4.78 is 0.658. The maximum absolute atomic E-state index is 6.56. The Morgan fingerprint density at radius 1 is 1.05 bits per heavy atom. The van der Waals surface area contributed by atoms with Crippen molar-refractivity contribution in [3.63, 3.8) is 0 Å². The molecule has 21 heavy (non-hydrogen) atoms. The fraction of sp³-hybridized carbons (Fsp3) is 0.0769. The molecule has 3 rings (SSSR count). The molecule has 1 fully saturated rings. The average molecular weight is 389 g/mol. The van der Waals surface area contributed by atoms with Crippen molar-refractivity contribution in [2.24, 2.45) is 5.50 Å². The second kappa shape index (κ2) is 6.54. The van der Waals surface area contributed by atoms with Crippen LogP contribution >= 0.6 is 45.8 Å².